The van der Waals surface area contributed by atoms with Gasteiger partial charge in [0.05, 0.1) is 12.8 Å². The summed E-state index contributed by atoms with van der Waals surface area (Å²) in [4.78, 5) is 35.5. The molecule has 0 unspecified atom stereocenters. The summed E-state index contributed by atoms with van der Waals surface area (Å²) in [6.45, 7) is 8.31. The van der Waals surface area contributed by atoms with Crippen molar-refractivity contribution in [2.75, 3.05) is 25.1 Å². The van der Waals surface area contributed by atoms with Crippen molar-refractivity contribution in [2.45, 2.75) is 34.1 Å². The normalized spacial score (nSPS) is 10.5. The molecule has 0 radical (unpaired) electrons. The van der Waals surface area contributed by atoms with E-state index >= 15 is 0 Å². The molecule has 2 rings (SSSR count). The van der Waals surface area contributed by atoms with Crippen molar-refractivity contribution in [3.63, 3.8) is 0 Å². The van der Waals surface area contributed by atoms with E-state index in [2.05, 4.69) is 21.2 Å². The first kappa shape index (κ1) is 25.4. The molecule has 176 valence electrons. The lowest BCUT2D eigenvalue weighted by molar-refractivity contribution is -0.139. The van der Waals surface area contributed by atoms with Crippen LogP contribution in [0.2, 0.25) is 0 Å². The predicted octanol–water partition coefficient (Wildman–Crippen LogP) is 2.70. The second-order valence-electron chi connectivity index (χ2n) is 7.23. The van der Waals surface area contributed by atoms with Gasteiger partial charge in [-0.15, -0.1) is 0 Å². The van der Waals surface area contributed by atoms with Crippen LogP contribution in [0.3, 0.4) is 0 Å². The number of hydrogen-bond acceptors (Lipinski definition) is 6. The van der Waals surface area contributed by atoms with Gasteiger partial charge in [-0.25, -0.2) is 5.43 Å². The van der Waals surface area contributed by atoms with Crippen molar-refractivity contribution in [1.82, 2.24) is 10.7 Å². The van der Waals surface area contributed by atoms with Crippen molar-refractivity contribution in [3.05, 3.63) is 53.1 Å². The van der Waals surface area contributed by atoms with Gasteiger partial charge in [-0.3, -0.25) is 14.4 Å². The lowest BCUT2D eigenvalue weighted by Crippen LogP contribution is -2.38. The zero-order chi connectivity index (χ0) is 24.2. The van der Waals surface area contributed by atoms with Crippen LogP contribution < -0.4 is 25.5 Å². The zero-order valence-corrected chi connectivity index (χ0v) is 19.4. The highest BCUT2D eigenvalue weighted by Gasteiger charge is 2.12. The van der Waals surface area contributed by atoms with Gasteiger partial charge in [-0.2, -0.15) is 5.10 Å². The zero-order valence-electron chi connectivity index (χ0n) is 19.4. The first-order valence-electron chi connectivity index (χ1n) is 10.7. The van der Waals surface area contributed by atoms with Gasteiger partial charge in [-0.1, -0.05) is 13.0 Å². The number of amides is 3. The predicted molar refractivity (Wildman–Crippen MR) is 127 cm³/mol. The minimum absolute atomic E-state index is 0.191. The van der Waals surface area contributed by atoms with Crippen LogP contribution in [0.15, 0.2) is 41.5 Å². The fourth-order valence-electron chi connectivity index (χ4n) is 2.69. The van der Waals surface area contributed by atoms with Crippen molar-refractivity contribution in [2.24, 2.45) is 5.10 Å². The van der Waals surface area contributed by atoms with Crippen molar-refractivity contribution in [3.8, 4) is 11.5 Å². The van der Waals surface area contributed by atoms with Gasteiger partial charge in [0, 0.05) is 12.2 Å². The van der Waals surface area contributed by atoms with E-state index in [0.29, 0.717) is 35.9 Å². The molecular weight excluding hydrogens is 424 g/mol. The number of benzene rings is 2. The van der Waals surface area contributed by atoms with Crippen molar-refractivity contribution < 1.29 is 23.9 Å². The molecule has 0 spiro atoms. The molecule has 0 aliphatic carbocycles. The maximum absolute atomic E-state index is 12.3. The number of nitrogens with zero attached hydrogens (tertiary/aromatic N) is 1. The van der Waals surface area contributed by atoms with Crippen LogP contribution in [-0.2, 0) is 14.4 Å². The maximum atomic E-state index is 12.3. The Balaban J connectivity index is 1.96. The van der Waals surface area contributed by atoms with E-state index in [-0.39, 0.29) is 12.5 Å². The van der Waals surface area contributed by atoms with Crippen LogP contribution in [0.4, 0.5) is 5.69 Å². The molecule has 0 saturated heterocycles. The summed E-state index contributed by atoms with van der Waals surface area (Å²) in [7, 11) is 0. The van der Waals surface area contributed by atoms with Gasteiger partial charge in [0.25, 0.3) is 5.91 Å². The number of hydrogen-bond donors (Lipinski definition) is 3. The summed E-state index contributed by atoms with van der Waals surface area (Å²) < 4.78 is 11.2. The third-order valence-electron chi connectivity index (χ3n) is 4.54. The van der Waals surface area contributed by atoms with E-state index in [1.807, 2.05) is 45.9 Å². The molecule has 0 heterocycles. The first-order chi connectivity index (χ1) is 15.8. The Morgan fingerprint density at radius 3 is 2.42 bits per heavy atom. The Morgan fingerprint density at radius 2 is 1.73 bits per heavy atom. The lowest BCUT2D eigenvalue weighted by atomic mass is 10.1. The van der Waals surface area contributed by atoms with Gasteiger partial charge in [0.15, 0.2) is 18.1 Å². The Morgan fingerprint density at radius 1 is 0.939 bits per heavy atom. The van der Waals surface area contributed by atoms with E-state index in [9.17, 15) is 14.4 Å². The molecule has 0 atom stereocenters. The Bertz CT molecular complexity index is 1020. The molecule has 0 aromatic heterocycles. The summed E-state index contributed by atoms with van der Waals surface area (Å²) >= 11 is 0. The Labute approximate surface area is 193 Å². The van der Waals surface area contributed by atoms with Crippen LogP contribution in [0.1, 0.15) is 37.0 Å². The number of carbonyl (C=O) groups excluding carboxylic acids is 3. The van der Waals surface area contributed by atoms with Crippen LogP contribution in [0.5, 0.6) is 11.5 Å². The average molecular weight is 455 g/mol. The number of ether oxygens (including phenoxy) is 2. The summed E-state index contributed by atoms with van der Waals surface area (Å²) in [6, 6.07) is 10.7. The van der Waals surface area contributed by atoms with E-state index in [1.165, 1.54) is 6.21 Å². The number of carbonyl (C=O) groups is 3. The number of nitrogens with one attached hydrogen (secondary N) is 3. The second-order valence-corrected chi connectivity index (χ2v) is 7.23. The first-order valence-corrected chi connectivity index (χ1v) is 10.7. The highest BCUT2D eigenvalue weighted by atomic mass is 16.5. The Hall–Kier alpha value is -3.88. The minimum atomic E-state index is -0.848. The van der Waals surface area contributed by atoms with E-state index in [0.717, 1.165) is 17.5 Å². The van der Waals surface area contributed by atoms with Crippen LogP contribution in [0.25, 0.3) is 0 Å². The second kappa shape index (κ2) is 12.8. The Kier molecular flexibility index (Phi) is 9.88. The molecule has 0 fully saturated rings. The molecule has 2 aromatic carbocycles. The van der Waals surface area contributed by atoms with Gasteiger partial charge < -0.3 is 20.1 Å². The molecule has 2 aromatic rings. The number of rotatable bonds is 10. The fraction of sp³-hybridized carbons (Fsp3) is 0.333. The maximum Gasteiger partial charge on any atom is 0.329 e. The van der Waals surface area contributed by atoms with Gasteiger partial charge in [0.2, 0.25) is 0 Å². The smallest absolute Gasteiger partial charge is 0.329 e. The van der Waals surface area contributed by atoms with E-state index in [4.69, 9.17) is 9.47 Å². The molecule has 0 bridgehead atoms. The average Bonchev–Trinajstić information content (AvgIpc) is 2.79. The third kappa shape index (κ3) is 8.29. The topological polar surface area (TPSA) is 118 Å². The van der Waals surface area contributed by atoms with Crippen molar-refractivity contribution in [1.29, 1.82) is 0 Å². The molecule has 9 nitrogen and oxygen atoms in total. The molecule has 0 saturated carbocycles. The quantitative estimate of drug-likeness (QED) is 0.290. The number of aryl methyl sites for hydroxylation is 2. The summed E-state index contributed by atoms with van der Waals surface area (Å²) in [5, 5.41) is 9.06. The van der Waals surface area contributed by atoms with Crippen LogP contribution >= 0.6 is 0 Å². The number of hydrazone groups is 1. The highest BCUT2D eigenvalue weighted by molar-refractivity contribution is 6.35. The van der Waals surface area contributed by atoms with Crippen molar-refractivity contribution >= 4 is 29.6 Å². The monoisotopic (exact) mass is 454 g/mol. The standard InChI is InChI=1S/C24H30N4O5/c1-5-11-25-23(30)24(31)28-26-14-18-8-10-20(21(13-18)32-6-2)33-15-22(29)27-19-9-7-16(3)17(4)12-19/h7-10,12-14H,5-6,11,15H2,1-4H3,(H,25,30)(H,27,29)(H,28,31)/b26-14-. The largest absolute Gasteiger partial charge is 0.490 e. The fourth-order valence-corrected chi connectivity index (χ4v) is 2.69. The molecule has 0 aliphatic rings. The van der Waals surface area contributed by atoms with Gasteiger partial charge in [-0.05, 0) is 74.2 Å². The van der Waals surface area contributed by atoms with Gasteiger partial charge in [0.1, 0.15) is 0 Å². The SMILES string of the molecule is CCCNC(=O)C(=O)N/N=C\c1ccc(OCC(=O)Nc2ccc(C)c(C)c2)c(OCC)c1. The third-order valence-corrected chi connectivity index (χ3v) is 4.54. The molecule has 3 N–H and O–H groups in total. The molecule has 33 heavy (non-hydrogen) atoms. The van der Waals surface area contributed by atoms with Gasteiger partial charge >= 0.3 is 11.8 Å². The molecular formula is C24H30N4O5. The summed E-state index contributed by atoms with van der Waals surface area (Å²) in [5.74, 6) is -1.07. The molecule has 0 aliphatic heterocycles. The highest BCUT2D eigenvalue weighted by Crippen LogP contribution is 2.28. The number of anilines is 1. The summed E-state index contributed by atoms with van der Waals surface area (Å²) in [5.41, 5.74) is 5.72. The van der Waals surface area contributed by atoms with E-state index in [1.54, 1.807) is 18.2 Å². The molecule has 9 heteroatoms. The summed E-state index contributed by atoms with van der Waals surface area (Å²) in [6.07, 6.45) is 2.11. The van der Waals surface area contributed by atoms with E-state index < -0.39 is 11.8 Å². The van der Waals surface area contributed by atoms with Crippen LogP contribution in [-0.4, -0.2) is 43.7 Å². The lowest BCUT2D eigenvalue weighted by Gasteiger charge is -2.13. The molecule has 3 amide bonds. The van der Waals surface area contributed by atoms with Crippen LogP contribution in [0, 0.1) is 13.8 Å². The minimum Gasteiger partial charge on any atom is -0.490 e.